The van der Waals surface area contributed by atoms with Gasteiger partial charge in [0.2, 0.25) is 0 Å². The second kappa shape index (κ2) is 16.0. The van der Waals surface area contributed by atoms with Gasteiger partial charge in [-0.05, 0) is 65.9 Å². The van der Waals surface area contributed by atoms with Crippen molar-refractivity contribution in [3.05, 3.63) is 83.9 Å². The van der Waals surface area contributed by atoms with Crippen LogP contribution >= 0.6 is 0 Å². The number of unbranched alkanes of at least 4 members (excludes halogenated alkanes) is 9. The summed E-state index contributed by atoms with van der Waals surface area (Å²) in [7, 11) is 0. The van der Waals surface area contributed by atoms with E-state index in [1.54, 1.807) is 0 Å². The van der Waals surface area contributed by atoms with Gasteiger partial charge in [-0.2, -0.15) is 0 Å². The second-order valence-corrected chi connectivity index (χ2v) is 10.7. The van der Waals surface area contributed by atoms with E-state index >= 15 is 0 Å². The lowest BCUT2D eigenvalue weighted by atomic mass is 10.1. The van der Waals surface area contributed by atoms with Crippen LogP contribution in [-0.4, -0.2) is 30.5 Å². The first kappa shape index (κ1) is 28.7. The molecule has 0 radical (unpaired) electrons. The topological polar surface area (TPSA) is 38.8 Å². The molecule has 3 aromatic carbocycles. The van der Waals surface area contributed by atoms with E-state index in [4.69, 9.17) is 9.47 Å². The number of nitrogens with zero attached hydrogens (tertiary/aromatic N) is 1. The molecule has 0 aliphatic carbocycles. The van der Waals surface area contributed by atoms with Gasteiger partial charge < -0.3 is 14.4 Å². The van der Waals surface area contributed by atoms with Crippen LogP contribution in [0.4, 0.5) is 0 Å². The Morgan fingerprint density at radius 2 is 1.15 bits per heavy atom. The molecule has 0 atom stereocenters. The number of hydrogen-bond donors (Lipinski definition) is 0. The molecule has 0 bridgehead atoms. The Labute approximate surface area is 235 Å². The lowest BCUT2D eigenvalue weighted by Gasteiger charge is -2.30. The average Bonchev–Trinajstić information content (AvgIpc) is 2.95. The first-order chi connectivity index (χ1) is 19.2. The van der Waals surface area contributed by atoms with Crippen molar-refractivity contribution < 1.29 is 14.3 Å². The Kier molecular flexibility index (Phi) is 11.8. The van der Waals surface area contributed by atoms with Crippen molar-refractivity contribution in [3.8, 4) is 22.6 Å². The monoisotopic (exact) mass is 527 g/mol. The number of benzene rings is 3. The molecular formula is C35H45NO3. The third-order valence-corrected chi connectivity index (χ3v) is 7.56. The second-order valence-electron chi connectivity index (χ2n) is 10.7. The average molecular weight is 528 g/mol. The lowest BCUT2D eigenvalue weighted by molar-refractivity contribution is 0.0652. The number of carbonyl (C=O) groups excluding carboxylic acids is 1. The van der Waals surface area contributed by atoms with E-state index < -0.39 is 0 Å². The number of amides is 1. The molecule has 3 aromatic rings. The fourth-order valence-electron chi connectivity index (χ4n) is 4.88. The number of ether oxygens (including phenoxy) is 2. The van der Waals surface area contributed by atoms with Crippen LogP contribution in [0.25, 0.3) is 11.1 Å². The van der Waals surface area contributed by atoms with Gasteiger partial charge in [-0.3, -0.25) is 4.79 Å². The van der Waals surface area contributed by atoms with E-state index in [1.807, 2.05) is 41.3 Å². The van der Waals surface area contributed by atoms with Gasteiger partial charge >= 0.3 is 0 Å². The molecule has 1 amide bonds. The molecule has 0 unspecified atom stereocenters. The van der Waals surface area contributed by atoms with Gasteiger partial charge in [0.1, 0.15) is 18.1 Å². The van der Waals surface area contributed by atoms with Gasteiger partial charge in [-0.25, -0.2) is 0 Å². The lowest BCUT2D eigenvalue weighted by Crippen LogP contribution is -2.41. The van der Waals surface area contributed by atoms with Crippen LogP contribution in [0.2, 0.25) is 0 Å². The van der Waals surface area contributed by atoms with Crippen molar-refractivity contribution >= 4 is 5.91 Å². The molecule has 0 spiro atoms. The smallest absolute Gasteiger partial charge is 0.253 e. The van der Waals surface area contributed by atoms with E-state index in [-0.39, 0.29) is 5.91 Å². The fourth-order valence-corrected chi connectivity index (χ4v) is 4.88. The predicted molar refractivity (Wildman–Crippen MR) is 161 cm³/mol. The van der Waals surface area contributed by atoms with Gasteiger partial charge in [-0.15, -0.1) is 0 Å². The molecule has 4 nitrogen and oxygen atoms in total. The van der Waals surface area contributed by atoms with Gasteiger partial charge in [0.15, 0.2) is 0 Å². The van der Waals surface area contributed by atoms with Crippen molar-refractivity contribution in [2.75, 3.05) is 19.7 Å². The zero-order valence-corrected chi connectivity index (χ0v) is 23.7. The van der Waals surface area contributed by atoms with Crippen LogP contribution in [0.1, 0.15) is 93.5 Å². The summed E-state index contributed by atoms with van der Waals surface area (Å²) in [5.41, 5.74) is 4.11. The first-order valence-electron chi connectivity index (χ1n) is 15.1. The number of carbonyl (C=O) groups is 1. The fraction of sp³-hybridized carbons (Fsp3) is 0.457. The van der Waals surface area contributed by atoms with E-state index in [2.05, 4.69) is 43.3 Å². The summed E-state index contributed by atoms with van der Waals surface area (Å²) in [4.78, 5) is 14.2. The minimum Gasteiger partial charge on any atom is -0.494 e. The van der Waals surface area contributed by atoms with Crippen molar-refractivity contribution in [1.82, 2.24) is 4.90 Å². The molecule has 0 N–H and O–H groups in total. The molecule has 1 aliphatic heterocycles. The van der Waals surface area contributed by atoms with Crippen LogP contribution in [-0.2, 0) is 6.61 Å². The normalized spacial score (nSPS) is 12.7. The van der Waals surface area contributed by atoms with Crippen LogP contribution in [0, 0.1) is 0 Å². The van der Waals surface area contributed by atoms with Crippen LogP contribution in [0.5, 0.6) is 11.5 Å². The summed E-state index contributed by atoms with van der Waals surface area (Å²) in [5, 5.41) is 0. The third-order valence-electron chi connectivity index (χ3n) is 7.56. The van der Waals surface area contributed by atoms with Crippen LogP contribution < -0.4 is 9.47 Å². The van der Waals surface area contributed by atoms with Gasteiger partial charge in [0.05, 0.1) is 6.61 Å². The first-order valence-corrected chi connectivity index (χ1v) is 15.1. The SMILES string of the molecule is CCCCCCCCCCCCOc1ccc(-c2ccc(OCc3ccc(C(=O)N4CCC4)cc3)cc2)cc1. The molecule has 1 fully saturated rings. The van der Waals surface area contributed by atoms with E-state index in [9.17, 15) is 4.79 Å². The molecule has 4 rings (SSSR count). The highest BCUT2D eigenvalue weighted by Crippen LogP contribution is 2.25. The minimum atomic E-state index is 0.123. The summed E-state index contributed by atoms with van der Waals surface area (Å²) in [5.74, 6) is 1.89. The largest absolute Gasteiger partial charge is 0.494 e. The third kappa shape index (κ3) is 9.45. The van der Waals surface area contributed by atoms with E-state index in [0.717, 1.165) is 66.3 Å². The number of likely N-dealkylation sites (tertiary alicyclic amines) is 1. The van der Waals surface area contributed by atoms with Crippen LogP contribution in [0.15, 0.2) is 72.8 Å². The zero-order chi connectivity index (χ0) is 27.1. The maximum absolute atomic E-state index is 12.3. The maximum atomic E-state index is 12.3. The van der Waals surface area contributed by atoms with Crippen molar-refractivity contribution in [2.24, 2.45) is 0 Å². The molecule has 208 valence electrons. The minimum absolute atomic E-state index is 0.123. The maximum Gasteiger partial charge on any atom is 0.253 e. The van der Waals surface area contributed by atoms with Gasteiger partial charge in [-0.1, -0.05) is 101 Å². The Bertz CT molecular complexity index is 1100. The summed E-state index contributed by atoms with van der Waals surface area (Å²) in [6.07, 6.45) is 14.5. The molecule has 39 heavy (non-hydrogen) atoms. The zero-order valence-electron chi connectivity index (χ0n) is 23.7. The molecule has 1 aliphatic rings. The Morgan fingerprint density at radius 1 is 0.641 bits per heavy atom. The highest BCUT2D eigenvalue weighted by molar-refractivity contribution is 5.94. The van der Waals surface area contributed by atoms with Gasteiger partial charge in [0.25, 0.3) is 5.91 Å². The number of hydrogen-bond acceptors (Lipinski definition) is 3. The van der Waals surface area contributed by atoms with Crippen molar-refractivity contribution in [2.45, 2.75) is 84.2 Å². The highest BCUT2D eigenvalue weighted by atomic mass is 16.5. The summed E-state index contributed by atoms with van der Waals surface area (Å²) in [6.45, 7) is 5.28. The molecule has 1 saturated heterocycles. The van der Waals surface area contributed by atoms with Crippen molar-refractivity contribution in [1.29, 1.82) is 0 Å². The highest BCUT2D eigenvalue weighted by Gasteiger charge is 2.21. The standard InChI is InChI=1S/C35H45NO3/c1-2-3-4-5-6-7-8-9-10-11-27-38-33-21-17-30(18-22-33)31-19-23-34(24-20-31)39-28-29-13-15-32(16-14-29)35(37)36-25-12-26-36/h13-24H,2-12,25-28H2,1H3. The molecule has 4 heteroatoms. The summed E-state index contributed by atoms with van der Waals surface area (Å²) < 4.78 is 11.9. The van der Waals surface area contributed by atoms with Crippen LogP contribution in [0.3, 0.4) is 0 Å². The van der Waals surface area contributed by atoms with E-state index in [1.165, 1.54) is 57.8 Å². The van der Waals surface area contributed by atoms with Gasteiger partial charge in [0, 0.05) is 18.7 Å². The summed E-state index contributed by atoms with van der Waals surface area (Å²) in [6, 6.07) is 24.3. The molecule has 0 saturated carbocycles. The molecule has 1 heterocycles. The van der Waals surface area contributed by atoms with E-state index in [0.29, 0.717) is 6.61 Å². The predicted octanol–water partition coefficient (Wildman–Crippen LogP) is 9.08. The Balaban J connectivity index is 1.12. The Morgan fingerprint density at radius 3 is 1.67 bits per heavy atom. The van der Waals surface area contributed by atoms with Crippen molar-refractivity contribution in [3.63, 3.8) is 0 Å². The summed E-state index contributed by atoms with van der Waals surface area (Å²) >= 11 is 0. The molecular weight excluding hydrogens is 482 g/mol. The quantitative estimate of drug-likeness (QED) is 0.164. The molecule has 0 aromatic heterocycles. The Hall–Kier alpha value is -3.27. The number of rotatable bonds is 17.